The number of likely N-dealkylation sites (tertiary alicyclic amines) is 1. The number of carbonyl (C=O) groups excluding carboxylic acids is 2. The lowest BCUT2D eigenvalue weighted by Crippen LogP contribution is -2.47. The fraction of sp³-hybridized carbons (Fsp3) is 0.565. The van der Waals surface area contributed by atoms with Crippen LogP contribution in [-0.4, -0.2) is 76.6 Å². The SMILES string of the molecule is Cc1ccc(F)c2cc(C(=O)N[C@@H]3CCC[C@H](N4CC[C@H](N(C)C(=O)CO)C4)C3)[nH]c12. The molecule has 3 atom stereocenters. The molecule has 0 unspecified atom stereocenters. The van der Waals surface area contributed by atoms with Crippen molar-refractivity contribution in [3.05, 3.63) is 35.3 Å². The molecule has 0 spiro atoms. The number of hydrogen-bond donors (Lipinski definition) is 3. The molecule has 3 N–H and O–H groups in total. The standard InChI is InChI=1S/C23H31FN4O3/c1-14-6-7-19(24)18-11-20(26-22(14)18)23(31)25-15-4-3-5-16(10-15)28-9-8-17(12-28)27(2)21(30)13-29/h6-7,11,15-17,26,29H,3-5,8-10,12-13H2,1-2H3,(H,25,31)/t15-,16+,17+/m1/s1. The number of aliphatic hydroxyl groups is 1. The fourth-order valence-corrected chi connectivity index (χ4v) is 5.07. The number of aromatic nitrogens is 1. The molecule has 4 rings (SSSR count). The van der Waals surface area contributed by atoms with Gasteiger partial charge in [0, 0.05) is 43.6 Å². The number of aryl methyl sites for hydroxylation is 1. The van der Waals surface area contributed by atoms with Crippen LogP contribution in [0.4, 0.5) is 4.39 Å². The lowest BCUT2D eigenvalue weighted by Gasteiger charge is -2.36. The number of nitrogens with zero attached hydrogens (tertiary/aromatic N) is 2. The maximum absolute atomic E-state index is 14.1. The summed E-state index contributed by atoms with van der Waals surface area (Å²) in [6.07, 6.45) is 4.80. The van der Waals surface area contributed by atoms with E-state index in [0.717, 1.165) is 50.8 Å². The predicted molar refractivity (Wildman–Crippen MR) is 116 cm³/mol. The van der Waals surface area contributed by atoms with E-state index in [4.69, 9.17) is 5.11 Å². The van der Waals surface area contributed by atoms with Crippen LogP contribution in [0, 0.1) is 12.7 Å². The van der Waals surface area contributed by atoms with Gasteiger partial charge in [0.15, 0.2) is 0 Å². The number of likely N-dealkylation sites (N-methyl/N-ethyl adjacent to an activating group) is 1. The molecule has 168 valence electrons. The van der Waals surface area contributed by atoms with Crippen molar-refractivity contribution in [3.63, 3.8) is 0 Å². The Hall–Kier alpha value is -2.45. The van der Waals surface area contributed by atoms with Gasteiger partial charge < -0.3 is 20.3 Å². The van der Waals surface area contributed by atoms with E-state index in [1.807, 2.05) is 6.92 Å². The van der Waals surface area contributed by atoms with Gasteiger partial charge in [0.2, 0.25) is 5.91 Å². The molecule has 2 fully saturated rings. The van der Waals surface area contributed by atoms with Crippen molar-refractivity contribution in [2.24, 2.45) is 0 Å². The zero-order valence-corrected chi connectivity index (χ0v) is 18.2. The maximum atomic E-state index is 14.1. The molecule has 31 heavy (non-hydrogen) atoms. The average molecular weight is 431 g/mol. The van der Waals surface area contributed by atoms with Crippen molar-refractivity contribution in [1.82, 2.24) is 20.1 Å². The van der Waals surface area contributed by atoms with Gasteiger partial charge >= 0.3 is 0 Å². The molecular weight excluding hydrogens is 399 g/mol. The van der Waals surface area contributed by atoms with Crippen LogP contribution >= 0.6 is 0 Å². The van der Waals surface area contributed by atoms with E-state index in [-0.39, 0.29) is 29.7 Å². The minimum atomic E-state index is -0.457. The van der Waals surface area contributed by atoms with E-state index >= 15 is 0 Å². The molecule has 2 aromatic rings. The first-order chi connectivity index (χ1) is 14.9. The van der Waals surface area contributed by atoms with Gasteiger partial charge in [-0.05, 0) is 56.7 Å². The van der Waals surface area contributed by atoms with Crippen LogP contribution in [0.1, 0.15) is 48.2 Å². The van der Waals surface area contributed by atoms with Crippen LogP contribution in [0.3, 0.4) is 0 Å². The van der Waals surface area contributed by atoms with Gasteiger partial charge in [0.1, 0.15) is 18.1 Å². The number of nitrogens with one attached hydrogen (secondary N) is 2. The maximum Gasteiger partial charge on any atom is 0.267 e. The lowest BCUT2D eigenvalue weighted by atomic mass is 9.90. The summed E-state index contributed by atoms with van der Waals surface area (Å²) >= 11 is 0. The largest absolute Gasteiger partial charge is 0.387 e. The number of H-pyrrole nitrogens is 1. The number of halogens is 1. The van der Waals surface area contributed by atoms with Crippen molar-refractivity contribution in [3.8, 4) is 0 Å². The minimum absolute atomic E-state index is 0.0689. The third-order valence-corrected chi connectivity index (χ3v) is 6.96. The first kappa shape index (κ1) is 21.8. The molecule has 0 radical (unpaired) electrons. The number of amides is 2. The van der Waals surface area contributed by atoms with Crippen molar-refractivity contribution in [1.29, 1.82) is 0 Å². The first-order valence-corrected chi connectivity index (χ1v) is 11.1. The van der Waals surface area contributed by atoms with E-state index in [2.05, 4.69) is 15.2 Å². The molecule has 2 aliphatic rings. The molecule has 2 heterocycles. The number of benzene rings is 1. The highest BCUT2D eigenvalue weighted by molar-refractivity contribution is 5.99. The van der Waals surface area contributed by atoms with E-state index < -0.39 is 6.61 Å². The molecule has 1 aromatic heterocycles. The molecule has 8 heteroatoms. The fourth-order valence-electron chi connectivity index (χ4n) is 5.07. The van der Waals surface area contributed by atoms with Crippen LogP contribution in [-0.2, 0) is 4.79 Å². The van der Waals surface area contributed by atoms with Crippen LogP contribution < -0.4 is 5.32 Å². The second-order valence-corrected chi connectivity index (χ2v) is 8.93. The highest BCUT2D eigenvalue weighted by Crippen LogP contribution is 2.28. The van der Waals surface area contributed by atoms with Crippen LogP contribution in [0.2, 0.25) is 0 Å². The van der Waals surface area contributed by atoms with Gasteiger partial charge in [-0.2, -0.15) is 0 Å². The summed E-state index contributed by atoms with van der Waals surface area (Å²) in [4.78, 5) is 31.8. The highest BCUT2D eigenvalue weighted by Gasteiger charge is 2.34. The molecule has 0 bridgehead atoms. The van der Waals surface area contributed by atoms with Gasteiger partial charge in [-0.1, -0.05) is 6.07 Å². The number of carbonyl (C=O) groups is 2. The van der Waals surface area contributed by atoms with Gasteiger partial charge in [-0.25, -0.2) is 4.39 Å². The van der Waals surface area contributed by atoms with Crippen LogP contribution in [0.15, 0.2) is 18.2 Å². The summed E-state index contributed by atoms with van der Waals surface area (Å²) in [6.45, 7) is 3.15. The van der Waals surface area contributed by atoms with Crippen molar-refractivity contribution in [2.75, 3.05) is 26.7 Å². The summed E-state index contributed by atoms with van der Waals surface area (Å²) in [5.74, 6) is -0.777. The number of fused-ring (bicyclic) bond motifs is 1. The quantitative estimate of drug-likeness (QED) is 0.679. The predicted octanol–water partition coefficient (Wildman–Crippen LogP) is 2.18. The number of aliphatic hydroxyl groups excluding tert-OH is 1. The molecule has 1 aliphatic carbocycles. The Labute approximate surface area is 181 Å². The number of aromatic amines is 1. The zero-order chi connectivity index (χ0) is 22.1. The number of hydrogen-bond acceptors (Lipinski definition) is 4. The van der Waals surface area contributed by atoms with Gasteiger partial charge in [-0.15, -0.1) is 0 Å². The summed E-state index contributed by atoms with van der Waals surface area (Å²) in [5.41, 5.74) is 1.95. The Morgan fingerprint density at radius 1 is 1.32 bits per heavy atom. The lowest BCUT2D eigenvalue weighted by molar-refractivity contribution is -0.134. The van der Waals surface area contributed by atoms with Crippen molar-refractivity contribution in [2.45, 2.75) is 57.2 Å². The molecular formula is C23H31FN4O3. The zero-order valence-electron chi connectivity index (χ0n) is 18.2. The Bertz CT molecular complexity index is 936. The third kappa shape index (κ3) is 4.45. The van der Waals surface area contributed by atoms with E-state index in [1.165, 1.54) is 6.07 Å². The second-order valence-electron chi connectivity index (χ2n) is 8.93. The Morgan fingerprint density at radius 3 is 2.87 bits per heavy atom. The molecule has 1 saturated carbocycles. The number of rotatable bonds is 5. The minimum Gasteiger partial charge on any atom is -0.387 e. The highest BCUT2D eigenvalue weighted by atomic mass is 19.1. The first-order valence-electron chi connectivity index (χ1n) is 11.1. The summed E-state index contributed by atoms with van der Waals surface area (Å²) in [7, 11) is 1.75. The van der Waals surface area contributed by atoms with Crippen molar-refractivity contribution < 1.29 is 19.1 Å². The molecule has 1 saturated heterocycles. The van der Waals surface area contributed by atoms with Gasteiger partial charge in [-0.3, -0.25) is 14.5 Å². The van der Waals surface area contributed by atoms with Crippen LogP contribution in [0.25, 0.3) is 10.9 Å². The van der Waals surface area contributed by atoms with Gasteiger partial charge in [0.25, 0.3) is 5.91 Å². The van der Waals surface area contributed by atoms with E-state index in [9.17, 15) is 14.0 Å². The second kappa shape index (κ2) is 8.96. The Kier molecular flexibility index (Phi) is 6.29. The average Bonchev–Trinajstić information content (AvgIpc) is 3.44. The Balaban J connectivity index is 1.37. The summed E-state index contributed by atoms with van der Waals surface area (Å²) < 4.78 is 14.1. The summed E-state index contributed by atoms with van der Waals surface area (Å²) in [5, 5.41) is 12.7. The normalized spacial score (nSPS) is 24.5. The van der Waals surface area contributed by atoms with E-state index in [1.54, 1.807) is 24.1 Å². The van der Waals surface area contributed by atoms with Crippen LogP contribution in [0.5, 0.6) is 0 Å². The topological polar surface area (TPSA) is 88.7 Å². The molecule has 2 amide bonds. The monoisotopic (exact) mass is 430 g/mol. The van der Waals surface area contributed by atoms with Gasteiger partial charge in [0.05, 0.1) is 5.52 Å². The summed E-state index contributed by atoms with van der Waals surface area (Å²) in [6, 6.07) is 5.28. The molecule has 1 aromatic carbocycles. The molecule has 1 aliphatic heterocycles. The molecule has 7 nitrogen and oxygen atoms in total. The van der Waals surface area contributed by atoms with Crippen molar-refractivity contribution >= 4 is 22.7 Å². The smallest absolute Gasteiger partial charge is 0.267 e. The van der Waals surface area contributed by atoms with E-state index in [0.29, 0.717) is 22.6 Å². The Morgan fingerprint density at radius 2 is 2.13 bits per heavy atom. The third-order valence-electron chi connectivity index (χ3n) is 6.96.